The summed E-state index contributed by atoms with van der Waals surface area (Å²) in [5.74, 6) is 0.242. The van der Waals surface area contributed by atoms with Crippen LogP contribution in [0, 0.1) is 6.92 Å². The van der Waals surface area contributed by atoms with Crippen molar-refractivity contribution in [2.45, 2.75) is 26.7 Å². The van der Waals surface area contributed by atoms with Crippen LogP contribution < -0.4 is 10.9 Å². The monoisotopic (exact) mass is 262 g/mol. The summed E-state index contributed by atoms with van der Waals surface area (Å²) in [4.78, 5) is 34.5. The molecule has 2 aromatic heterocycles. The average molecular weight is 262 g/mol. The number of amides is 1. The van der Waals surface area contributed by atoms with Gasteiger partial charge in [-0.05, 0) is 6.92 Å². The highest BCUT2D eigenvalue weighted by Gasteiger charge is 2.18. The van der Waals surface area contributed by atoms with E-state index >= 15 is 0 Å². The molecule has 0 atom stereocenters. The first-order valence-electron chi connectivity index (χ1n) is 5.76. The number of nitrogens with zero attached hydrogens (tertiary/aromatic N) is 3. The third kappa shape index (κ3) is 2.67. The van der Waals surface area contributed by atoms with Crippen molar-refractivity contribution in [3.8, 4) is 0 Å². The number of nitrogens with one attached hydrogen (secondary N) is 3. The normalized spacial score (nSPS) is 10.7. The SMILES string of the molecule is Cc1nc(C(C)C)[nH]c(=O)c1C(=O)Nc1ncn[nH]1. The minimum atomic E-state index is -0.571. The third-order valence-electron chi connectivity index (χ3n) is 2.54. The lowest BCUT2D eigenvalue weighted by molar-refractivity contribution is 0.102. The number of hydrogen-bond donors (Lipinski definition) is 3. The molecule has 8 heteroatoms. The highest BCUT2D eigenvalue weighted by atomic mass is 16.2. The molecule has 8 nitrogen and oxygen atoms in total. The fraction of sp³-hybridized carbons (Fsp3) is 0.364. The second-order valence-electron chi connectivity index (χ2n) is 4.35. The molecule has 0 saturated carbocycles. The van der Waals surface area contributed by atoms with E-state index in [1.165, 1.54) is 6.33 Å². The maximum absolute atomic E-state index is 12.0. The van der Waals surface area contributed by atoms with Crippen molar-refractivity contribution in [3.05, 3.63) is 33.8 Å². The van der Waals surface area contributed by atoms with E-state index < -0.39 is 11.5 Å². The molecule has 100 valence electrons. The van der Waals surface area contributed by atoms with E-state index in [0.29, 0.717) is 11.5 Å². The summed E-state index contributed by atoms with van der Waals surface area (Å²) in [7, 11) is 0. The molecule has 0 aromatic carbocycles. The molecule has 0 aliphatic rings. The van der Waals surface area contributed by atoms with Gasteiger partial charge in [0.25, 0.3) is 11.5 Å². The first kappa shape index (κ1) is 12.9. The smallest absolute Gasteiger partial charge is 0.265 e. The molecule has 2 aromatic rings. The molecule has 0 radical (unpaired) electrons. The van der Waals surface area contributed by atoms with E-state index in [-0.39, 0.29) is 17.4 Å². The number of H-pyrrole nitrogens is 2. The predicted molar refractivity (Wildman–Crippen MR) is 68.0 cm³/mol. The summed E-state index contributed by atoms with van der Waals surface area (Å²) in [5.41, 5.74) is -0.113. The Kier molecular flexibility index (Phi) is 3.41. The lowest BCUT2D eigenvalue weighted by Gasteiger charge is -2.08. The second-order valence-corrected chi connectivity index (χ2v) is 4.35. The van der Waals surface area contributed by atoms with E-state index in [1.54, 1.807) is 6.92 Å². The number of anilines is 1. The zero-order valence-corrected chi connectivity index (χ0v) is 10.8. The number of hydrogen-bond acceptors (Lipinski definition) is 5. The van der Waals surface area contributed by atoms with Crippen molar-refractivity contribution in [2.75, 3.05) is 5.32 Å². The fourth-order valence-corrected chi connectivity index (χ4v) is 1.58. The zero-order chi connectivity index (χ0) is 14.0. The molecular weight excluding hydrogens is 248 g/mol. The van der Waals surface area contributed by atoms with E-state index in [4.69, 9.17) is 0 Å². The van der Waals surface area contributed by atoms with Crippen molar-refractivity contribution in [1.29, 1.82) is 0 Å². The van der Waals surface area contributed by atoms with Gasteiger partial charge >= 0.3 is 0 Å². The molecule has 0 bridgehead atoms. The van der Waals surface area contributed by atoms with E-state index in [0.717, 1.165) is 0 Å². The van der Waals surface area contributed by atoms with Crippen LogP contribution in [0.3, 0.4) is 0 Å². The molecule has 0 unspecified atom stereocenters. The van der Waals surface area contributed by atoms with E-state index in [2.05, 4.69) is 30.5 Å². The van der Waals surface area contributed by atoms with Crippen molar-refractivity contribution in [2.24, 2.45) is 0 Å². The van der Waals surface area contributed by atoms with Crippen LogP contribution in [0.25, 0.3) is 0 Å². The molecule has 1 amide bonds. The van der Waals surface area contributed by atoms with Crippen molar-refractivity contribution in [1.82, 2.24) is 25.1 Å². The van der Waals surface area contributed by atoms with Gasteiger partial charge in [0.05, 0.1) is 5.69 Å². The summed E-state index contributed by atoms with van der Waals surface area (Å²) >= 11 is 0. The van der Waals surface area contributed by atoms with Crippen LogP contribution in [-0.2, 0) is 0 Å². The largest absolute Gasteiger partial charge is 0.310 e. The molecule has 0 spiro atoms. The van der Waals surface area contributed by atoms with Gasteiger partial charge in [0.15, 0.2) is 0 Å². The fourth-order valence-electron chi connectivity index (χ4n) is 1.58. The van der Waals surface area contributed by atoms with Gasteiger partial charge in [0.2, 0.25) is 5.95 Å². The predicted octanol–water partition coefficient (Wildman–Crippen LogP) is 0.572. The van der Waals surface area contributed by atoms with Crippen LogP contribution in [0.5, 0.6) is 0 Å². The molecule has 0 aliphatic carbocycles. The van der Waals surface area contributed by atoms with Crippen LogP contribution in [-0.4, -0.2) is 31.1 Å². The van der Waals surface area contributed by atoms with Gasteiger partial charge in [-0.15, -0.1) is 0 Å². The molecule has 0 fully saturated rings. The van der Waals surface area contributed by atoms with Crippen LogP contribution in [0.1, 0.15) is 41.6 Å². The Morgan fingerprint density at radius 2 is 2.16 bits per heavy atom. The average Bonchev–Trinajstić information content (AvgIpc) is 2.80. The number of carbonyl (C=O) groups excluding carboxylic acids is 1. The molecule has 2 rings (SSSR count). The summed E-state index contributed by atoms with van der Waals surface area (Å²) in [6.07, 6.45) is 1.26. The first-order valence-corrected chi connectivity index (χ1v) is 5.76. The van der Waals surface area contributed by atoms with E-state index in [1.807, 2.05) is 13.8 Å². The number of rotatable bonds is 3. The van der Waals surface area contributed by atoms with Crippen molar-refractivity contribution in [3.63, 3.8) is 0 Å². The maximum atomic E-state index is 12.0. The Hall–Kier alpha value is -2.51. The number of carbonyl (C=O) groups is 1. The minimum Gasteiger partial charge on any atom is -0.310 e. The quantitative estimate of drug-likeness (QED) is 0.747. The Labute approximate surface area is 108 Å². The van der Waals surface area contributed by atoms with Crippen LogP contribution in [0.4, 0.5) is 5.95 Å². The highest BCUT2D eigenvalue weighted by molar-refractivity contribution is 6.03. The van der Waals surface area contributed by atoms with Gasteiger partial charge in [-0.3, -0.25) is 14.9 Å². The second kappa shape index (κ2) is 5.01. The molecule has 0 saturated heterocycles. The minimum absolute atomic E-state index is 0.0270. The molecule has 19 heavy (non-hydrogen) atoms. The zero-order valence-electron chi connectivity index (χ0n) is 10.8. The van der Waals surface area contributed by atoms with Crippen LogP contribution >= 0.6 is 0 Å². The van der Waals surface area contributed by atoms with Crippen LogP contribution in [0.2, 0.25) is 0 Å². The summed E-state index contributed by atoms with van der Waals surface area (Å²) in [5, 5.41) is 8.52. The van der Waals surface area contributed by atoms with E-state index in [9.17, 15) is 9.59 Å². The molecule has 2 heterocycles. The Morgan fingerprint density at radius 3 is 2.68 bits per heavy atom. The van der Waals surface area contributed by atoms with Gasteiger partial charge in [-0.2, -0.15) is 10.1 Å². The van der Waals surface area contributed by atoms with Crippen molar-refractivity contribution < 1.29 is 4.79 Å². The Balaban J connectivity index is 2.35. The van der Waals surface area contributed by atoms with Crippen molar-refractivity contribution >= 4 is 11.9 Å². The Morgan fingerprint density at radius 1 is 1.42 bits per heavy atom. The van der Waals surface area contributed by atoms with Gasteiger partial charge in [0, 0.05) is 5.92 Å². The summed E-state index contributed by atoms with van der Waals surface area (Å²) in [6, 6.07) is 0. The lowest BCUT2D eigenvalue weighted by Crippen LogP contribution is -2.27. The third-order valence-corrected chi connectivity index (χ3v) is 2.54. The topological polar surface area (TPSA) is 116 Å². The standard InChI is InChI=1S/C11H14N6O2/c1-5(2)8-14-6(3)7(9(18)15-8)10(19)16-11-12-4-13-17-11/h4-5H,1-3H3,(H,14,15,18)(H2,12,13,16,17,19). The highest BCUT2D eigenvalue weighted by Crippen LogP contribution is 2.09. The van der Waals surface area contributed by atoms with Gasteiger partial charge in [0.1, 0.15) is 17.7 Å². The maximum Gasteiger partial charge on any atom is 0.265 e. The number of aromatic nitrogens is 5. The Bertz CT molecular complexity index is 644. The summed E-state index contributed by atoms with van der Waals surface area (Å²) < 4.78 is 0. The first-order chi connectivity index (χ1) is 8.99. The van der Waals surface area contributed by atoms with Crippen LogP contribution in [0.15, 0.2) is 11.1 Å². The number of aromatic amines is 2. The number of aryl methyl sites for hydroxylation is 1. The molecule has 3 N–H and O–H groups in total. The molecular formula is C11H14N6O2. The molecule has 0 aliphatic heterocycles. The van der Waals surface area contributed by atoms with Gasteiger partial charge in [-0.25, -0.2) is 10.1 Å². The summed E-state index contributed by atoms with van der Waals surface area (Å²) in [6.45, 7) is 5.44. The van der Waals surface area contributed by atoms with Gasteiger partial charge < -0.3 is 4.98 Å². The lowest BCUT2D eigenvalue weighted by atomic mass is 10.1. The van der Waals surface area contributed by atoms with Gasteiger partial charge in [-0.1, -0.05) is 13.8 Å².